The molecule has 1 fully saturated rings. The summed E-state index contributed by atoms with van der Waals surface area (Å²) < 4.78 is 2.10. The van der Waals surface area contributed by atoms with Gasteiger partial charge in [-0.05, 0) is 37.5 Å². The van der Waals surface area contributed by atoms with E-state index < -0.39 is 0 Å². The summed E-state index contributed by atoms with van der Waals surface area (Å²) in [6, 6.07) is 6.28. The summed E-state index contributed by atoms with van der Waals surface area (Å²) in [6.45, 7) is 0. The molecule has 3 N–H and O–H groups in total. The summed E-state index contributed by atoms with van der Waals surface area (Å²) in [4.78, 5) is 0. The van der Waals surface area contributed by atoms with Crippen molar-refractivity contribution in [3.63, 3.8) is 0 Å². The summed E-state index contributed by atoms with van der Waals surface area (Å²) in [5, 5.41) is 15.7. The number of hydrogen-bond donors (Lipinski definition) is 2. The fourth-order valence-electron chi connectivity index (χ4n) is 3.22. The minimum atomic E-state index is 0.284. The Morgan fingerprint density at radius 3 is 2.95 bits per heavy atom. The second-order valence-electron chi connectivity index (χ2n) is 5.80. The number of pyridine rings is 1. The van der Waals surface area contributed by atoms with E-state index in [1.165, 1.54) is 6.42 Å². The van der Waals surface area contributed by atoms with Gasteiger partial charge in [-0.3, -0.25) is 9.50 Å². The maximum absolute atomic E-state index is 6.11. The van der Waals surface area contributed by atoms with Crippen molar-refractivity contribution in [3.05, 3.63) is 36.4 Å². The van der Waals surface area contributed by atoms with Crippen molar-refractivity contribution in [1.82, 2.24) is 24.8 Å². The summed E-state index contributed by atoms with van der Waals surface area (Å²) in [7, 11) is 0. The molecule has 0 saturated heterocycles. The highest BCUT2D eigenvalue weighted by atomic mass is 15.2. The Labute approximate surface area is 122 Å². The normalized spacial score (nSPS) is 22.7. The Hall–Kier alpha value is -2.21. The Morgan fingerprint density at radius 2 is 2.14 bits per heavy atom. The number of aromatic nitrogens is 5. The molecule has 2 unspecified atom stereocenters. The number of aromatic amines is 1. The zero-order valence-electron chi connectivity index (χ0n) is 11.7. The van der Waals surface area contributed by atoms with Crippen molar-refractivity contribution in [1.29, 1.82) is 0 Å². The molecule has 3 aromatic heterocycles. The van der Waals surface area contributed by atoms with Gasteiger partial charge in [-0.25, -0.2) is 0 Å². The van der Waals surface area contributed by atoms with E-state index >= 15 is 0 Å². The quantitative estimate of drug-likeness (QED) is 0.754. The molecule has 6 heteroatoms. The Kier molecular flexibility index (Phi) is 2.96. The third kappa shape index (κ3) is 2.21. The molecule has 108 valence electrons. The zero-order chi connectivity index (χ0) is 14.2. The second-order valence-corrected chi connectivity index (χ2v) is 5.80. The first-order valence-corrected chi connectivity index (χ1v) is 7.41. The lowest BCUT2D eigenvalue weighted by molar-refractivity contribution is 0.380. The van der Waals surface area contributed by atoms with Gasteiger partial charge in [0.05, 0.1) is 5.69 Å². The molecule has 0 amide bonds. The fraction of sp³-hybridized carbons (Fsp3) is 0.400. The Bertz CT molecular complexity index is 745. The van der Waals surface area contributed by atoms with E-state index in [0.29, 0.717) is 5.92 Å². The van der Waals surface area contributed by atoms with Crippen molar-refractivity contribution in [2.24, 2.45) is 5.73 Å². The predicted octanol–water partition coefficient (Wildman–Crippen LogP) is 2.10. The minimum Gasteiger partial charge on any atom is -0.328 e. The maximum atomic E-state index is 6.11. The van der Waals surface area contributed by atoms with Crippen LogP contribution in [0.4, 0.5) is 0 Å². The maximum Gasteiger partial charge on any atom is 0.160 e. The number of rotatable bonds is 2. The highest BCUT2D eigenvalue weighted by Crippen LogP contribution is 2.31. The van der Waals surface area contributed by atoms with E-state index in [1.54, 1.807) is 6.20 Å². The van der Waals surface area contributed by atoms with Crippen LogP contribution in [0.25, 0.3) is 16.9 Å². The number of fused-ring (bicyclic) bond motifs is 1. The summed E-state index contributed by atoms with van der Waals surface area (Å²) in [5.41, 5.74) is 9.08. The van der Waals surface area contributed by atoms with Crippen LogP contribution in [0.1, 0.15) is 37.4 Å². The molecule has 0 aliphatic heterocycles. The average molecular weight is 282 g/mol. The number of nitrogens with one attached hydrogen (secondary N) is 1. The minimum absolute atomic E-state index is 0.284. The van der Waals surface area contributed by atoms with E-state index in [1.807, 2.05) is 18.2 Å². The van der Waals surface area contributed by atoms with E-state index in [9.17, 15) is 0 Å². The van der Waals surface area contributed by atoms with Crippen LogP contribution in [0.5, 0.6) is 0 Å². The SMILES string of the molecule is NC1CCCC(c2nnc3ccc(-c4ccn[nH]4)cn23)C1. The van der Waals surface area contributed by atoms with Gasteiger partial charge < -0.3 is 5.73 Å². The van der Waals surface area contributed by atoms with Gasteiger partial charge >= 0.3 is 0 Å². The number of nitrogens with zero attached hydrogens (tertiary/aromatic N) is 4. The summed E-state index contributed by atoms with van der Waals surface area (Å²) in [5.74, 6) is 1.43. The average Bonchev–Trinajstić information content (AvgIpc) is 3.16. The molecular formula is C15H18N6. The van der Waals surface area contributed by atoms with Crippen molar-refractivity contribution in [3.8, 4) is 11.3 Å². The van der Waals surface area contributed by atoms with Gasteiger partial charge in [-0.1, -0.05) is 6.42 Å². The third-order valence-corrected chi connectivity index (χ3v) is 4.32. The van der Waals surface area contributed by atoms with Crippen LogP contribution < -0.4 is 5.73 Å². The molecule has 4 rings (SSSR count). The van der Waals surface area contributed by atoms with Crippen LogP contribution in [0.3, 0.4) is 0 Å². The monoisotopic (exact) mass is 282 g/mol. The first kappa shape index (κ1) is 12.5. The predicted molar refractivity (Wildman–Crippen MR) is 79.8 cm³/mol. The molecule has 1 saturated carbocycles. The molecule has 1 aliphatic carbocycles. The van der Waals surface area contributed by atoms with E-state index in [4.69, 9.17) is 5.73 Å². The van der Waals surface area contributed by atoms with Crippen molar-refractivity contribution >= 4 is 5.65 Å². The summed E-state index contributed by atoms with van der Waals surface area (Å²) in [6.07, 6.45) is 8.26. The first-order chi connectivity index (χ1) is 10.3. The number of hydrogen-bond acceptors (Lipinski definition) is 4. The lowest BCUT2D eigenvalue weighted by atomic mass is 9.85. The van der Waals surface area contributed by atoms with Gasteiger partial charge in [0.2, 0.25) is 0 Å². The van der Waals surface area contributed by atoms with E-state index in [-0.39, 0.29) is 6.04 Å². The lowest BCUT2D eigenvalue weighted by Gasteiger charge is -2.25. The van der Waals surface area contributed by atoms with Crippen LogP contribution in [0.15, 0.2) is 30.6 Å². The van der Waals surface area contributed by atoms with Gasteiger partial charge in [-0.2, -0.15) is 5.10 Å². The molecule has 0 aromatic carbocycles. The van der Waals surface area contributed by atoms with Crippen LogP contribution in [-0.4, -0.2) is 30.8 Å². The second kappa shape index (κ2) is 4.96. The van der Waals surface area contributed by atoms with Gasteiger partial charge in [-0.15, -0.1) is 10.2 Å². The standard InChI is InChI=1S/C15H18N6/c16-12-3-1-2-10(8-12)15-20-19-14-5-4-11(9-21(14)15)13-6-7-17-18-13/h4-7,9-10,12H,1-3,8,16H2,(H,17,18). The molecule has 21 heavy (non-hydrogen) atoms. The number of H-pyrrole nitrogens is 1. The van der Waals surface area contributed by atoms with Crippen LogP contribution >= 0.6 is 0 Å². The molecule has 0 radical (unpaired) electrons. The van der Waals surface area contributed by atoms with Crippen molar-refractivity contribution < 1.29 is 0 Å². The molecule has 6 nitrogen and oxygen atoms in total. The summed E-state index contributed by atoms with van der Waals surface area (Å²) >= 11 is 0. The zero-order valence-corrected chi connectivity index (χ0v) is 11.7. The molecule has 0 bridgehead atoms. The Balaban J connectivity index is 1.77. The number of nitrogens with two attached hydrogens (primary N) is 1. The van der Waals surface area contributed by atoms with Crippen LogP contribution in [0, 0.1) is 0 Å². The topological polar surface area (TPSA) is 84.9 Å². The van der Waals surface area contributed by atoms with Crippen molar-refractivity contribution in [2.75, 3.05) is 0 Å². The van der Waals surface area contributed by atoms with Gasteiger partial charge in [0.15, 0.2) is 5.65 Å². The molecule has 0 spiro atoms. The molecular weight excluding hydrogens is 264 g/mol. The molecule has 1 aliphatic rings. The molecule has 2 atom stereocenters. The van der Waals surface area contributed by atoms with E-state index in [0.717, 1.165) is 42.0 Å². The van der Waals surface area contributed by atoms with E-state index in [2.05, 4.69) is 31.0 Å². The molecule has 3 heterocycles. The Morgan fingerprint density at radius 1 is 1.19 bits per heavy atom. The highest BCUT2D eigenvalue weighted by molar-refractivity contribution is 5.60. The fourth-order valence-corrected chi connectivity index (χ4v) is 3.22. The smallest absolute Gasteiger partial charge is 0.160 e. The van der Waals surface area contributed by atoms with Crippen LogP contribution in [-0.2, 0) is 0 Å². The lowest BCUT2D eigenvalue weighted by Crippen LogP contribution is -2.27. The van der Waals surface area contributed by atoms with Gasteiger partial charge in [0.1, 0.15) is 5.82 Å². The molecule has 3 aromatic rings. The third-order valence-electron chi connectivity index (χ3n) is 4.32. The highest BCUT2D eigenvalue weighted by Gasteiger charge is 2.24. The van der Waals surface area contributed by atoms with Gasteiger partial charge in [0.25, 0.3) is 0 Å². The van der Waals surface area contributed by atoms with Gasteiger partial charge in [0, 0.05) is 29.9 Å². The largest absolute Gasteiger partial charge is 0.328 e. The first-order valence-electron chi connectivity index (χ1n) is 7.41. The van der Waals surface area contributed by atoms with Crippen LogP contribution in [0.2, 0.25) is 0 Å². The van der Waals surface area contributed by atoms with Crippen molar-refractivity contribution in [2.45, 2.75) is 37.6 Å².